The average molecular weight is 228 g/mol. The minimum Gasteiger partial charge on any atom is -0.461 e. The summed E-state index contributed by atoms with van der Waals surface area (Å²) in [6.07, 6.45) is 7.38. The minimum atomic E-state index is -0.0159. The number of carbonyl (C=O) groups excluding carboxylic acids is 1. The predicted molar refractivity (Wildman–Crippen MR) is 66.2 cm³/mol. The van der Waals surface area contributed by atoms with E-state index in [2.05, 4.69) is 24.3 Å². The molecule has 0 bridgehead atoms. The van der Waals surface area contributed by atoms with Crippen LogP contribution in [0.3, 0.4) is 0 Å². The van der Waals surface area contributed by atoms with E-state index in [9.17, 15) is 4.79 Å². The van der Waals surface area contributed by atoms with E-state index in [-0.39, 0.29) is 12.1 Å². The number of rotatable bonds is 2. The highest BCUT2D eigenvalue weighted by atomic mass is 16.6. The zero-order valence-corrected chi connectivity index (χ0v) is 9.71. The van der Waals surface area contributed by atoms with Gasteiger partial charge in [0.1, 0.15) is 6.10 Å². The molecule has 2 fully saturated rings. The maximum Gasteiger partial charge on any atom is 0.306 e. The lowest BCUT2D eigenvalue weighted by Gasteiger charge is -2.13. The summed E-state index contributed by atoms with van der Waals surface area (Å²) in [6.45, 7) is 0. The van der Waals surface area contributed by atoms with E-state index in [1.807, 2.05) is 18.2 Å². The van der Waals surface area contributed by atoms with E-state index < -0.39 is 0 Å². The highest BCUT2D eigenvalue weighted by Gasteiger charge is 2.43. The lowest BCUT2D eigenvalue weighted by Crippen LogP contribution is -2.16. The first kappa shape index (κ1) is 10.6. The molecule has 0 aromatic heterocycles. The van der Waals surface area contributed by atoms with E-state index in [4.69, 9.17) is 4.74 Å². The average Bonchev–Trinajstić information content (AvgIpc) is 2.87. The van der Waals surface area contributed by atoms with E-state index in [0.717, 1.165) is 12.8 Å². The Kier molecular flexibility index (Phi) is 2.71. The van der Waals surface area contributed by atoms with Gasteiger partial charge in [0.15, 0.2) is 0 Å². The number of ether oxygens (including phenoxy) is 1. The zero-order valence-electron chi connectivity index (χ0n) is 9.71. The van der Waals surface area contributed by atoms with Crippen LogP contribution in [0.2, 0.25) is 0 Å². The van der Waals surface area contributed by atoms with Crippen molar-refractivity contribution in [2.75, 3.05) is 0 Å². The van der Waals surface area contributed by atoms with E-state index in [1.54, 1.807) is 0 Å². The van der Waals surface area contributed by atoms with Gasteiger partial charge < -0.3 is 4.74 Å². The molecule has 0 N–H and O–H groups in total. The first-order valence-electron chi connectivity index (χ1n) is 6.25. The molecule has 88 valence electrons. The van der Waals surface area contributed by atoms with Crippen LogP contribution in [0.25, 0.3) is 6.08 Å². The first-order chi connectivity index (χ1) is 8.33. The van der Waals surface area contributed by atoms with Crippen molar-refractivity contribution in [3.8, 4) is 0 Å². The van der Waals surface area contributed by atoms with Crippen LogP contribution in [0, 0.1) is 11.8 Å². The van der Waals surface area contributed by atoms with Crippen LogP contribution in [0.1, 0.15) is 24.8 Å². The second-order valence-corrected chi connectivity index (χ2v) is 4.93. The smallest absolute Gasteiger partial charge is 0.306 e. The Bertz CT molecular complexity index is 435. The summed E-state index contributed by atoms with van der Waals surface area (Å²) in [5.41, 5.74) is 1.21. The summed E-state index contributed by atoms with van der Waals surface area (Å²) in [4.78, 5) is 11.2. The molecule has 1 aliphatic carbocycles. The second kappa shape index (κ2) is 4.36. The number of benzene rings is 1. The van der Waals surface area contributed by atoms with E-state index in [0.29, 0.717) is 18.3 Å². The molecule has 1 heterocycles. The van der Waals surface area contributed by atoms with Crippen LogP contribution in [0.5, 0.6) is 0 Å². The third kappa shape index (κ3) is 2.12. The van der Waals surface area contributed by atoms with Gasteiger partial charge in [0.2, 0.25) is 0 Å². The molecule has 0 unspecified atom stereocenters. The third-order valence-corrected chi connectivity index (χ3v) is 3.79. The summed E-state index contributed by atoms with van der Waals surface area (Å²) in [5.74, 6) is 0.859. The highest BCUT2D eigenvalue weighted by Crippen LogP contribution is 2.41. The minimum absolute atomic E-state index is 0.0159. The standard InChI is InChI=1S/C15H16O2/c16-14-10-13-9-8-12(15(13)17-14)7-6-11-4-2-1-3-5-11/h1-7,12-13,15H,8-10H2/b7-6+/t12-,13-,15-/m1/s1. The summed E-state index contributed by atoms with van der Waals surface area (Å²) < 4.78 is 5.40. The molecule has 0 radical (unpaired) electrons. The molecule has 1 aliphatic heterocycles. The number of carbonyl (C=O) groups is 1. The van der Waals surface area contributed by atoms with Crippen molar-refractivity contribution in [1.29, 1.82) is 0 Å². The monoisotopic (exact) mass is 228 g/mol. The van der Waals surface area contributed by atoms with Crippen molar-refractivity contribution in [1.82, 2.24) is 0 Å². The number of fused-ring (bicyclic) bond motifs is 1. The molecule has 2 aliphatic rings. The SMILES string of the molecule is O=C1C[C@H]2CC[C@@H](/C=C/c3ccccc3)[C@H]2O1. The molecule has 1 aromatic carbocycles. The largest absolute Gasteiger partial charge is 0.461 e. The van der Waals surface area contributed by atoms with Crippen LogP contribution >= 0.6 is 0 Å². The molecule has 3 atom stereocenters. The van der Waals surface area contributed by atoms with Crippen molar-refractivity contribution < 1.29 is 9.53 Å². The third-order valence-electron chi connectivity index (χ3n) is 3.79. The molecule has 17 heavy (non-hydrogen) atoms. The van der Waals surface area contributed by atoms with Gasteiger partial charge in [-0.05, 0) is 18.4 Å². The fourth-order valence-corrected chi connectivity index (χ4v) is 2.91. The molecule has 0 amide bonds. The predicted octanol–water partition coefficient (Wildman–Crippen LogP) is 3.04. The maximum absolute atomic E-state index is 11.2. The van der Waals surface area contributed by atoms with Crippen LogP contribution < -0.4 is 0 Å². The Hall–Kier alpha value is -1.57. The normalized spacial score (nSPS) is 31.8. The Morgan fingerprint density at radius 1 is 1.18 bits per heavy atom. The van der Waals surface area contributed by atoms with Gasteiger partial charge in [-0.2, -0.15) is 0 Å². The summed E-state index contributed by atoms with van der Waals surface area (Å²) >= 11 is 0. The van der Waals surface area contributed by atoms with Gasteiger partial charge in [-0.3, -0.25) is 4.79 Å². The van der Waals surface area contributed by atoms with Gasteiger partial charge in [0, 0.05) is 11.8 Å². The number of hydrogen-bond acceptors (Lipinski definition) is 2. The highest BCUT2D eigenvalue weighted by molar-refractivity contribution is 5.72. The zero-order chi connectivity index (χ0) is 11.7. The van der Waals surface area contributed by atoms with Crippen molar-refractivity contribution in [2.45, 2.75) is 25.4 Å². The van der Waals surface area contributed by atoms with Gasteiger partial charge in [-0.1, -0.05) is 42.5 Å². The van der Waals surface area contributed by atoms with Gasteiger partial charge in [0.25, 0.3) is 0 Å². The van der Waals surface area contributed by atoms with Gasteiger partial charge in [-0.15, -0.1) is 0 Å². The van der Waals surface area contributed by atoms with Crippen molar-refractivity contribution >= 4 is 12.0 Å². The van der Waals surface area contributed by atoms with Gasteiger partial charge in [-0.25, -0.2) is 0 Å². The molecule has 2 heteroatoms. The quantitative estimate of drug-likeness (QED) is 0.727. The lowest BCUT2D eigenvalue weighted by molar-refractivity contribution is -0.142. The van der Waals surface area contributed by atoms with E-state index in [1.165, 1.54) is 5.56 Å². The summed E-state index contributed by atoms with van der Waals surface area (Å²) in [5, 5.41) is 0. The maximum atomic E-state index is 11.2. The van der Waals surface area contributed by atoms with Gasteiger partial charge >= 0.3 is 5.97 Å². The molecule has 0 spiro atoms. The molecule has 2 nitrogen and oxygen atoms in total. The Morgan fingerprint density at radius 2 is 2.00 bits per heavy atom. The summed E-state index contributed by atoms with van der Waals surface area (Å²) in [7, 11) is 0. The van der Waals surface area contributed by atoms with Crippen molar-refractivity contribution in [3.63, 3.8) is 0 Å². The van der Waals surface area contributed by atoms with E-state index >= 15 is 0 Å². The summed E-state index contributed by atoms with van der Waals surface area (Å²) in [6, 6.07) is 10.3. The Morgan fingerprint density at radius 3 is 2.82 bits per heavy atom. The fraction of sp³-hybridized carbons (Fsp3) is 0.400. The lowest BCUT2D eigenvalue weighted by atomic mass is 10.00. The van der Waals surface area contributed by atoms with Crippen LogP contribution in [0.4, 0.5) is 0 Å². The van der Waals surface area contributed by atoms with Crippen molar-refractivity contribution in [2.24, 2.45) is 11.8 Å². The van der Waals surface area contributed by atoms with Crippen LogP contribution in [-0.4, -0.2) is 12.1 Å². The first-order valence-corrected chi connectivity index (χ1v) is 6.25. The van der Waals surface area contributed by atoms with Gasteiger partial charge in [0.05, 0.1) is 6.42 Å². The molecule has 1 saturated heterocycles. The molecule has 3 rings (SSSR count). The molecular formula is C15H16O2. The second-order valence-electron chi connectivity index (χ2n) is 4.93. The number of hydrogen-bond donors (Lipinski definition) is 0. The van der Waals surface area contributed by atoms with Crippen LogP contribution in [0.15, 0.2) is 36.4 Å². The van der Waals surface area contributed by atoms with Crippen LogP contribution in [-0.2, 0) is 9.53 Å². The number of esters is 1. The molecule has 1 aromatic rings. The fourth-order valence-electron chi connectivity index (χ4n) is 2.91. The topological polar surface area (TPSA) is 26.3 Å². The molecule has 1 saturated carbocycles. The Balaban J connectivity index is 1.70. The van der Waals surface area contributed by atoms with Crippen molar-refractivity contribution in [3.05, 3.63) is 42.0 Å². The Labute approximate surface area is 101 Å². The molecular weight excluding hydrogens is 212 g/mol.